The van der Waals surface area contributed by atoms with Crippen LogP contribution in [0.3, 0.4) is 0 Å². The van der Waals surface area contributed by atoms with Gasteiger partial charge in [0.1, 0.15) is 40.4 Å². The molecule has 6 amide bonds. The number of fused-ring (bicyclic) bond motifs is 2. The lowest BCUT2D eigenvalue weighted by molar-refractivity contribution is -0.270. The molecule has 6 aromatic rings. The fourth-order valence-electron chi connectivity index (χ4n) is 16.4. The first-order valence-corrected chi connectivity index (χ1v) is 37.4. The Labute approximate surface area is 624 Å². The van der Waals surface area contributed by atoms with Gasteiger partial charge in [0.05, 0.1) is 60.7 Å². The fourth-order valence-corrected chi connectivity index (χ4v) is 18.0. The number of carbonyl (C=O) groups excluding carboxylic acids is 6. The molecule has 3 aromatic carbocycles. The van der Waals surface area contributed by atoms with Gasteiger partial charge in [-0.15, -0.1) is 0 Å². The third-order valence-corrected chi connectivity index (χ3v) is 23.3. The average Bonchev–Trinajstić information content (AvgIpc) is 1.50. The number of aromatic carboxylic acids is 1. The molecule has 30 heteroatoms. The summed E-state index contributed by atoms with van der Waals surface area (Å²) in [5.74, 6) is -2.31. The number of unbranched alkanes of at least 4 members (excludes halogenated alkanes) is 2. The predicted molar refractivity (Wildman–Crippen MR) is 395 cm³/mol. The molecule has 4 unspecified atom stereocenters. The van der Waals surface area contributed by atoms with E-state index in [0.717, 1.165) is 64.0 Å². The number of imide groups is 1. The fraction of sp³-hybridized carbons (Fsp3) is 0.493. The highest BCUT2D eigenvalue weighted by Gasteiger charge is 2.74. The molecule has 28 nitrogen and oxygen atoms in total. The molecule has 560 valence electrons. The van der Waals surface area contributed by atoms with Gasteiger partial charge in [0.15, 0.2) is 17.1 Å². The Morgan fingerprint density at radius 1 is 0.848 bits per heavy atom. The van der Waals surface area contributed by atoms with Gasteiger partial charge in [0.25, 0.3) is 17.7 Å². The number of halogens is 1. The van der Waals surface area contributed by atoms with Crippen LogP contribution in [0.4, 0.5) is 21.4 Å². The Balaban J connectivity index is 0.571. The molecule has 4 aliphatic carbocycles. The Morgan fingerprint density at radius 2 is 1.63 bits per heavy atom. The molecule has 0 spiro atoms. The maximum atomic E-state index is 13.8. The zero-order valence-corrected chi connectivity index (χ0v) is 62.0. The van der Waals surface area contributed by atoms with Crippen LogP contribution in [0.15, 0.2) is 97.2 Å². The van der Waals surface area contributed by atoms with Crippen molar-refractivity contribution in [2.24, 2.45) is 16.2 Å². The summed E-state index contributed by atoms with van der Waals surface area (Å²) in [6, 6.07) is 21.9. The first-order valence-electron chi connectivity index (χ1n) is 35.4. The molecule has 1 saturated heterocycles. The van der Waals surface area contributed by atoms with Crippen molar-refractivity contribution in [1.29, 1.82) is 0 Å². The summed E-state index contributed by atoms with van der Waals surface area (Å²) in [7, 11) is 1.59. The number of hydrogen-bond acceptors (Lipinski definition) is 22. The van der Waals surface area contributed by atoms with Crippen molar-refractivity contribution in [2.45, 2.75) is 145 Å². The second kappa shape index (κ2) is 32.8. The lowest BCUT2D eigenvalue weighted by atomic mass is 9.65. The Bertz CT molecular complexity index is 4250. The van der Waals surface area contributed by atoms with E-state index >= 15 is 0 Å². The number of likely N-dealkylation sites (N-methyl/N-ethyl adjacent to an activating group) is 1. The van der Waals surface area contributed by atoms with Gasteiger partial charge in [-0.1, -0.05) is 90.6 Å². The summed E-state index contributed by atoms with van der Waals surface area (Å²) in [6.07, 6.45) is 5.93. The molecule has 7 aliphatic rings. The maximum Gasteiger partial charge on any atom is 0.409 e. The number of thiazole rings is 1. The van der Waals surface area contributed by atoms with Crippen LogP contribution in [0.5, 0.6) is 5.75 Å². The van der Waals surface area contributed by atoms with Crippen molar-refractivity contribution in [2.75, 3.05) is 88.4 Å². The van der Waals surface area contributed by atoms with E-state index in [1.807, 2.05) is 93.7 Å². The summed E-state index contributed by atoms with van der Waals surface area (Å²) in [6.45, 7) is 10.4. The van der Waals surface area contributed by atoms with Gasteiger partial charge >= 0.3 is 12.1 Å². The average molecular weight is 1580 g/mol. The van der Waals surface area contributed by atoms with Crippen LogP contribution in [0.2, 0.25) is 0 Å². The molecule has 8 N–H and O–H groups in total. The predicted octanol–water partition coefficient (Wildman–Crippen LogP) is 7.81. The van der Waals surface area contributed by atoms with Crippen LogP contribution in [-0.2, 0) is 62.4 Å². The second-order valence-electron chi connectivity index (χ2n) is 28.7. The van der Waals surface area contributed by atoms with Gasteiger partial charge in [-0.25, -0.2) is 19.6 Å². The molecule has 3 aliphatic heterocycles. The number of carboxylic acids is 1. The first-order chi connectivity index (χ1) is 50.3. The monoisotopic (exact) mass is 1580 g/mol. The summed E-state index contributed by atoms with van der Waals surface area (Å²) < 4.78 is 38.0. The lowest BCUT2D eigenvalue weighted by Gasteiger charge is -2.46. The van der Waals surface area contributed by atoms with E-state index in [0.29, 0.717) is 105 Å². The quantitative estimate of drug-likeness (QED) is 0.00640. The minimum atomic E-state index is -2.15. The Hall–Kier alpha value is -8.31. The molecule has 3 aromatic heterocycles. The van der Waals surface area contributed by atoms with Crippen LogP contribution in [0.25, 0.3) is 27.4 Å². The molecule has 4 saturated carbocycles. The van der Waals surface area contributed by atoms with Gasteiger partial charge in [0, 0.05) is 93.7 Å². The molecule has 0 radical (unpaired) electrons. The third kappa shape index (κ3) is 17.4. The molecular weight excluding hydrogens is 1490 g/mol. The van der Waals surface area contributed by atoms with Crippen LogP contribution in [0.1, 0.15) is 121 Å². The minimum Gasteiger partial charge on any atom is -0.476 e. The molecular formula is C75H89IN10O18S. The zero-order valence-electron chi connectivity index (χ0n) is 59.0. The number of aromatic nitrogens is 4. The van der Waals surface area contributed by atoms with Crippen LogP contribution < -0.4 is 25.6 Å². The van der Waals surface area contributed by atoms with E-state index in [2.05, 4.69) is 34.8 Å². The number of rotatable bonds is 33. The molecule has 6 heterocycles. The molecule has 13 rings (SSSR count). The first kappa shape index (κ1) is 76.3. The number of ether oxygens (including phenoxy) is 6. The van der Waals surface area contributed by atoms with Crippen molar-refractivity contribution < 1.29 is 87.5 Å². The van der Waals surface area contributed by atoms with Crippen molar-refractivity contribution in [3.05, 3.63) is 131 Å². The number of aliphatic hydroxyl groups is 4. The third-order valence-electron chi connectivity index (χ3n) is 21.0. The number of carboxylic acid groups (broad SMARTS) is 1. The topological polar surface area (TPSA) is 365 Å². The number of pyridine rings is 1. The smallest absolute Gasteiger partial charge is 0.409 e. The van der Waals surface area contributed by atoms with E-state index in [9.17, 15) is 59.1 Å². The number of carbonyl (C=O) groups is 7. The van der Waals surface area contributed by atoms with Gasteiger partial charge in [-0.2, -0.15) is 5.10 Å². The van der Waals surface area contributed by atoms with E-state index in [1.165, 1.54) is 34.5 Å². The highest BCUT2D eigenvalue weighted by molar-refractivity contribution is 14.1. The lowest BCUT2D eigenvalue weighted by Crippen LogP contribution is -2.60. The molecule has 9 atom stereocenters. The summed E-state index contributed by atoms with van der Waals surface area (Å²) in [5.41, 5.74) is 5.60. The highest BCUT2D eigenvalue weighted by Crippen LogP contribution is 2.78. The number of amides is 6. The summed E-state index contributed by atoms with van der Waals surface area (Å²) in [4.78, 5) is 103. The van der Waals surface area contributed by atoms with Crippen molar-refractivity contribution in [1.82, 2.24) is 34.9 Å². The largest absolute Gasteiger partial charge is 0.476 e. The van der Waals surface area contributed by atoms with Crippen molar-refractivity contribution >= 4 is 108 Å². The summed E-state index contributed by atoms with van der Waals surface area (Å²) >= 11 is 3.23. The standard InChI is InChI=1S/C75H89IN10O18S/c1-45-50(48-19-21-56(81-62(48)67(94)95)84-28-25-47-13-10-14-49(51(47)38-84)66(93)82-70-80-52-15-7-8-16-55(52)105-70)37-78-86(45)44-74-40-72(2)39-73(74,3)42-75(41-72,43-74)102-35-34-100-33-32-99-31-29-83(4)71(98)101-30-11-12-46-18-20-54(103-69-61(76)63(91)64(92)65(104-69)68(96)97)53(36-46)79-58(88)24-26-77-57(87)17-6-5-9-27-85-59(89)22-23-60(85)90/h7-8,10-16,18-23,36-37,61,63-65,68-69,91-92,96-97H,5-6,9,17,24-35,38-44H2,1-4H3,(H,77,87)(H,79,88)(H,94,95)(H,80,82,93)/b12-11+/t61-,63+,64-,65-,69+,72?,73?,74?,75?/m0/s1. The van der Waals surface area contributed by atoms with Crippen LogP contribution in [-0.4, -0.2) is 210 Å². The van der Waals surface area contributed by atoms with Crippen LogP contribution >= 0.6 is 33.9 Å². The summed E-state index contributed by atoms with van der Waals surface area (Å²) in [5, 5.41) is 65.4. The molecule has 4 bridgehead atoms. The normalized spacial score (nSPS) is 24.5. The van der Waals surface area contributed by atoms with E-state index in [1.54, 1.807) is 37.5 Å². The highest BCUT2D eigenvalue weighted by atomic mass is 127. The van der Waals surface area contributed by atoms with Gasteiger partial charge in [0.2, 0.25) is 18.1 Å². The van der Waals surface area contributed by atoms with Crippen LogP contribution in [0, 0.1) is 23.2 Å². The van der Waals surface area contributed by atoms with Gasteiger partial charge in [-0.05, 0) is 140 Å². The number of nitrogens with one attached hydrogen (secondary N) is 3. The minimum absolute atomic E-state index is 0.00358. The second-order valence-corrected chi connectivity index (χ2v) is 31.2. The molecule has 105 heavy (non-hydrogen) atoms. The SMILES string of the molecule is Cc1c(-c2ccc(N3CCc4cccc(C(=O)Nc5nc6ccccc6s5)c4C3)nc2C(=O)O)cnn1CC12CC3(C)CC(OCCOCCOCCN(C)C(=O)OC/C=C/c4ccc(O[C@@H]5O[C@H](C(O)O)[C@@H](O)[C@H](O)[C@@H]5I)c(NC(=O)CCNC(=O)CCCCCN5C(=O)C=CC5=O)c4)(CC1(C)C3)C2. The number of aliphatic hydroxyl groups excluding tert-OH is 3. The number of anilines is 3. The number of hydrogen-bond donors (Lipinski definition) is 8. The zero-order chi connectivity index (χ0) is 74.4. The maximum absolute atomic E-state index is 13.8. The molecule has 5 fully saturated rings. The Morgan fingerprint density at radius 3 is 2.41 bits per heavy atom. The van der Waals surface area contributed by atoms with Gasteiger partial charge in [-0.3, -0.25) is 38.9 Å². The van der Waals surface area contributed by atoms with E-state index in [4.69, 9.17) is 38.5 Å². The van der Waals surface area contributed by atoms with E-state index in [-0.39, 0.29) is 108 Å². The number of alkyl halides is 1. The number of benzene rings is 3. The van der Waals surface area contributed by atoms with Gasteiger partial charge < -0.3 is 74.4 Å². The van der Waals surface area contributed by atoms with Crippen molar-refractivity contribution in [3.8, 4) is 16.9 Å². The number of nitrogens with zero attached hydrogens (tertiary/aromatic N) is 7. The number of para-hydroxylation sites is 1. The van der Waals surface area contributed by atoms with E-state index < -0.39 is 52.8 Å². The van der Waals surface area contributed by atoms with Crippen molar-refractivity contribution in [3.63, 3.8) is 0 Å². The Kier molecular flexibility index (Phi) is 23.9.